The number of rotatable bonds is 5. The van der Waals surface area contributed by atoms with Crippen LogP contribution < -0.4 is 5.32 Å². The lowest BCUT2D eigenvalue weighted by Gasteiger charge is -2.23. The Morgan fingerprint density at radius 2 is 2.17 bits per heavy atom. The van der Waals surface area contributed by atoms with Crippen molar-refractivity contribution < 1.29 is 4.79 Å². The lowest BCUT2D eigenvalue weighted by molar-refractivity contribution is -0.130. The summed E-state index contributed by atoms with van der Waals surface area (Å²) in [7, 11) is 0. The summed E-state index contributed by atoms with van der Waals surface area (Å²) in [5.41, 5.74) is 2.58. The lowest BCUT2D eigenvalue weighted by Crippen LogP contribution is -2.36. The molecule has 1 aromatic rings. The van der Waals surface area contributed by atoms with Crippen molar-refractivity contribution in [2.75, 3.05) is 0 Å². The fraction of sp³-hybridized carbons (Fsp3) is 0.643. The van der Waals surface area contributed by atoms with Crippen molar-refractivity contribution in [3.8, 4) is 0 Å². The van der Waals surface area contributed by atoms with Crippen LogP contribution in [0.2, 0.25) is 0 Å². The molecule has 2 unspecified atom stereocenters. The summed E-state index contributed by atoms with van der Waals surface area (Å²) >= 11 is 1.71. The second-order valence-corrected chi connectivity index (χ2v) is 5.72. The summed E-state index contributed by atoms with van der Waals surface area (Å²) in [6, 6.07) is 0.0143. The van der Waals surface area contributed by atoms with Crippen LogP contribution in [-0.4, -0.2) is 23.0 Å². The minimum absolute atomic E-state index is 0.0143. The quantitative estimate of drug-likeness (QED) is 0.889. The molecule has 3 nitrogen and oxygen atoms in total. The third-order valence-electron chi connectivity index (χ3n) is 3.62. The van der Waals surface area contributed by atoms with Crippen molar-refractivity contribution in [1.29, 1.82) is 0 Å². The number of carbonyl (C=O) groups excluding carboxylic acids is 1. The zero-order valence-corrected chi connectivity index (χ0v) is 12.2. The molecule has 4 heteroatoms. The van der Waals surface area contributed by atoms with Crippen LogP contribution in [0, 0.1) is 6.92 Å². The highest BCUT2D eigenvalue weighted by Gasteiger charge is 2.37. The Morgan fingerprint density at radius 3 is 2.72 bits per heavy atom. The molecule has 0 aliphatic carbocycles. The minimum Gasteiger partial charge on any atom is -0.321 e. The largest absolute Gasteiger partial charge is 0.321 e. The number of hydrogen-bond donors (Lipinski definition) is 1. The molecule has 0 radical (unpaired) electrons. The van der Waals surface area contributed by atoms with Gasteiger partial charge in [-0.1, -0.05) is 20.3 Å². The molecule has 1 aliphatic rings. The normalized spacial score (nSPS) is 23.9. The molecule has 2 atom stereocenters. The third kappa shape index (κ3) is 2.59. The van der Waals surface area contributed by atoms with Gasteiger partial charge in [-0.15, -0.1) is 0 Å². The monoisotopic (exact) mass is 266 g/mol. The van der Waals surface area contributed by atoms with Gasteiger partial charge < -0.3 is 4.90 Å². The number of hydrogen-bond acceptors (Lipinski definition) is 3. The summed E-state index contributed by atoms with van der Waals surface area (Å²) in [5.74, 6) is 0.265. The average molecular weight is 266 g/mol. The molecule has 1 N–H and O–H groups in total. The van der Waals surface area contributed by atoms with Crippen molar-refractivity contribution in [3.05, 3.63) is 21.9 Å². The predicted molar refractivity (Wildman–Crippen MR) is 75.5 cm³/mol. The maximum atomic E-state index is 12.3. The van der Waals surface area contributed by atoms with Crippen LogP contribution in [0.15, 0.2) is 10.8 Å². The van der Waals surface area contributed by atoms with E-state index in [0.717, 1.165) is 25.8 Å². The second kappa shape index (κ2) is 5.85. The maximum Gasteiger partial charge on any atom is 0.241 e. The standard InChI is InChI=1S/C14H22N2OS/c1-4-6-13-15-12(5-2)14(17)16(13)7-11-9-18-8-10(11)3/h8-9,12-13,15H,4-7H2,1-3H3. The van der Waals surface area contributed by atoms with Crippen LogP contribution in [0.5, 0.6) is 0 Å². The fourth-order valence-electron chi connectivity index (χ4n) is 2.47. The van der Waals surface area contributed by atoms with Crippen molar-refractivity contribution in [3.63, 3.8) is 0 Å². The Kier molecular flexibility index (Phi) is 4.40. The molecule has 100 valence electrons. The Labute approximate surface area is 113 Å². The summed E-state index contributed by atoms with van der Waals surface area (Å²) < 4.78 is 0. The number of carbonyl (C=O) groups is 1. The smallest absolute Gasteiger partial charge is 0.241 e. The first kappa shape index (κ1) is 13.6. The van der Waals surface area contributed by atoms with E-state index in [0.29, 0.717) is 0 Å². The zero-order valence-electron chi connectivity index (χ0n) is 11.4. The topological polar surface area (TPSA) is 32.3 Å². The highest BCUT2D eigenvalue weighted by Crippen LogP contribution is 2.23. The van der Waals surface area contributed by atoms with E-state index in [-0.39, 0.29) is 18.1 Å². The van der Waals surface area contributed by atoms with Crippen LogP contribution in [0.4, 0.5) is 0 Å². The molecule has 1 aromatic heterocycles. The Balaban J connectivity index is 2.12. The molecule has 2 rings (SSSR count). The van der Waals surface area contributed by atoms with E-state index < -0.39 is 0 Å². The van der Waals surface area contributed by atoms with E-state index in [1.807, 2.05) is 4.90 Å². The maximum absolute atomic E-state index is 12.3. The van der Waals surface area contributed by atoms with Crippen molar-refractivity contribution in [2.45, 2.75) is 58.8 Å². The summed E-state index contributed by atoms with van der Waals surface area (Å²) in [5, 5.41) is 7.76. The first-order valence-corrected chi connectivity index (χ1v) is 7.69. The Bertz CT molecular complexity index is 416. The van der Waals surface area contributed by atoms with Gasteiger partial charge in [-0.3, -0.25) is 10.1 Å². The summed E-state index contributed by atoms with van der Waals surface area (Å²) in [4.78, 5) is 14.3. The molecule has 2 heterocycles. The summed E-state index contributed by atoms with van der Waals surface area (Å²) in [6.07, 6.45) is 3.22. The fourth-order valence-corrected chi connectivity index (χ4v) is 3.32. The molecule has 1 fully saturated rings. The van der Waals surface area contributed by atoms with Crippen molar-refractivity contribution >= 4 is 17.2 Å². The van der Waals surface area contributed by atoms with Gasteiger partial charge in [0.2, 0.25) is 5.91 Å². The van der Waals surface area contributed by atoms with E-state index >= 15 is 0 Å². The highest BCUT2D eigenvalue weighted by molar-refractivity contribution is 7.08. The lowest BCUT2D eigenvalue weighted by atomic mass is 10.2. The first-order valence-electron chi connectivity index (χ1n) is 6.75. The number of thiophene rings is 1. The van der Waals surface area contributed by atoms with E-state index in [1.54, 1.807) is 11.3 Å². The number of nitrogens with zero attached hydrogens (tertiary/aromatic N) is 1. The van der Waals surface area contributed by atoms with Crippen LogP contribution in [0.1, 0.15) is 44.2 Å². The Morgan fingerprint density at radius 1 is 1.39 bits per heavy atom. The predicted octanol–water partition coefficient (Wildman–Crippen LogP) is 2.89. The molecular weight excluding hydrogens is 244 g/mol. The third-order valence-corrected chi connectivity index (χ3v) is 4.53. The molecule has 0 aromatic carbocycles. The van der Waals surface area contributed by atoms with Gasteiger partial charge in [0.05, 0.1) is 12.2 Å². The molecule has 1 saturated heterocycles. The van der Waals surface area contributed by atoms with E-state index in [1.165, 1.54) is 11.1 Å². The van der Waals surface area contributed by atoms with Gasteiger partial charge >= 0.3 is 0 Å². The van der Waals surface area contributed by atoms with E-state index in [2.05, 4.69) is 36.8 Å². The first-order chi connectivity index (χ1) is 8.67. The number of nitrogens with one attached hydrogen (secondary N) is 1. The van der Waals surface area contributed by atoms with Gasteiger partial charge in [-0.25, -0.2) is 0 Å². The van der Waals surface area contributed by atoms with Gasteiger partial charge in [-0.05, 0) is 41.7 Å². The van der Waals surface area contributed by atoms with Crippen molar-refractivity contribution in [2.24, 2.45) is 0 Å². The molecule has 1 amide bonds. The minimum atomic E-state index is 0.0143. The molecule has 18 heavy (non-hydrogen) atoms. The number of amides is 1. The molecule has 0 saturated carbocycles. The molecular formula is C14H22N2OS. The molecule has 0 spiro atoms. The SMILES string of the molecule is CCCC1NC(CC)C(=O)N1Cc1cscc1C. The van der Waals surface area contributed by atoms with Gasteiger partial charge in [-0.2, -0.15) is 11.3 Å². The Hall–Kier alpha value is -0.870. The zero-order chi connectivity index (χ0) is 13.1. The van der Waals surface area contributed by atoms with Gasteiger partial charge in [0.1, 0.15) is 0 Å². The van der Waals surface area contributed by atoms with E-state index in [4.69, 9.17) is 0 Å². The molecule has 1 aliphatic heterocycles. The van der Waals surface area contributed by atoms with Gasteiger partial charge in [0.15, 0.2) is 0 Å². The second-order valence-electron chi connectivity index (χ2n) is 4.98. The van der Waals surface area contributed by atoms with Crippen LogP contribution in [0.3, 0.4) is 0 Å². The van der Waals surface area contributed by atoms with Crippen LogP contribution >= 0.6 is 11.3 Å². The van der Waals surface area contributed by atoms with Crippen molar-refractivity contribution in [1.82, 2.24) is 10.2 Å². The molecule has 0 bridgehead atoms. The van der Waals surface area contributed by atoms with Crippen LogP contribution in [0.25, 0.3) is 0 Å². The van der Waals surface area contributed by atoms with E-state index in [9.17, 15) is 4.79 Å². The summed E-state index contributed by atoms with van der Waals surface area (Å²) in [6.45, 7) is 7.10. The highest BCUT2D eigenvalue weighted by atomic mass is 32.1. The van der Waals surface area contributed by atoms with Crippen LogP contribution in [-0.2, 0) is 11.3 Å². The number of aryl methyl sites for hydroxylation is 1. The van der Waals surface area contributed by atoms with Gasteiger partial charge in [0.25, 0.3) is 0 Å². The van der Waals surface area contributed by atoms with Gasteiger partial charge in [0, 0.05) is 6.54 Å². The average Bonchev–Trinajstić information content (AvgIpc) is 2.88.